The van der Waals surface area contributed by atoms with Crippen molar-refractivity contribution in [3.05, 3.63) is 97.2 Å². The fraction of sp³-hybridized carbons (Fsp3) is 0.798. The van der Waals surface area contributed by atoms with Crippen molar-refractivity contribution in [1.82, 2.24) is 0 Å². The maximum atomic E-state index is 13.0. The third kappa shape index (κ3) is 85.3. The number of ether oxygens (including phenoxy) is 4. The monoisotopic (exact) mass is 1440 g/mol. The number of carboxylic acid groups (broad SMARTS) is 1. The summed E-state index contributed by atoms with van der Waals surface area (Å²) in [6.07, 6.45) is 114. The highest BCUT2D eigenvalue weighted by Crippen LogP contribution is 2.20. The molecule has 0 spiro atoms. The number of aliphatic carboxylic acids is 1. The van der Waals surface area contributed by atoms with Crippen molar-refractivity contribution in [1.29, 1.82) is 0 Å². The second-order valence-electron chi connectivity index (χ2n) is 31.2. The largest absolute Gasteiger partial charge is 0.545 e. The summed E-state index contributed by atoms with van der Waals surface area (Å²) in [5, 5.41) is 11.9. The summed E-state index contributed by atoms with van der Waals surface area (Å²) in [6, 6.07) is 0. The van der Waals surface area contributed by atoms with Gasteiger partial charge >= 0.3 is 11.9 Å². The molecule has 0 saturated carbocycles. The summed E-state index contributed by atoms with van der Waals surface area (Å²) >= 11 is 0. The summed E-state index contributed by atoms with van der Waals surface area (Å²) in [6.45, 7) is 4.70. The molecule has 103 heavy (non-hydrogen) atoms. The Morgan fingerprint density at radius 1 is 0.301 bits per heavy atom. The van der Waals surface area contributed by atoms with Crippen LogP contribution in [-0.2, 0) is 33.3 Å². The van der Waals surface area contributed by atoms with Crippen LogP contribution in [0.3, 0.4) is 0 Å². The normalized spacial score (nSPS) is 13.1. The minimum Gasteiger partial charge on any atom is -0.545 e. The molecule has 0 aliphatic rings. The fourth-order valence-corrected chi connectivity index (χ4v) is 13.1. The Morgan fingerprint density at radius 3 is 0.825 bits per heavy atom. The van der Waals surface area contributed by atoms with Gasteiger partial charge < -0.3 is 33.3 Å². The lowest BCUT2D eigenvalue weighted by Crippen LogP contribution is -2.44. The van der Waals surface area contributed by atoms with Gasteiger partial charge in [0.05, 0.1) is 40.3 Å². The number of hydrogen-bond acceptors (Lipinski definition) is 8. The van der Waals surface area contributed by atoms with Crippen molar-refractivity contribution < 1.29 is 42.9 Å². The molecule has 2 unspecified atom stereocenters. The van der Waals surface area contributed by atoms with E-state index in [1.807, 2.05) is 21.1 Å². The molecule has 598 valence electrons. The van der Waals surface area contributed by atoms with E-state index in [9.17, 15) is 19.5 Å². The van der Waals surface area contributed by atoms with Crippen LogP contribution in [-0.4, -0.2) is 82.3 Å². The number of quaternary nitrogens is 1. The predicted octanol–water partition coefficient (Wildman–Crippen LogP) is 27.7. The zero-order valence-corrected chi connectivity index (χ0v) is 68.7. The average Bonchev–Trinajstić information content (AvgIpc) is 1.01. The molecule has 0 fully saturated rings. The molecule has 0 heterocycles. The number of carbonyl (C=O) groups excluding carboxylic acids is 3. The van der Waals surface area contributed by atoms with E-state index in [1.165, 1.54) is 308 Å². The van der Waals surface area contributed by atoms with E-state index < -0.39 is 24.3 Å². The Hall–Kier alpha value is -3.79. The first kappa shape index (κ1) is 99.2. The van der Waals surface area contributed by atoms with E-state index >= 15 is 0 Å². The van der Waals surface area contributed by atoms with Gasteiger partial charge in [0, 0.05) is 12.8 Å². The smallest absolute Gasteiger partial charge is 0.306 e. The zero-order chi connectivity index (χ0) is 74.6. The molecule has 0 aliphatic heterocycles. The van der Waals surface area contributed by atoms with Crippen molar-refractivity contribution in [3.63, 3.8) is 0 Å². The summed E-state index contributed by atoms with van der Waals surface area (Å²) < 4.78 is 22.9. The summed E-state index contributed by atoms with van der Waals surface area (Å²) in [7, 11) is 5.95. The Bertz CT molecular complexity index is 2030. The van der Waals surface area contributed by atoms with Gasteiger partial charge in [-0.15, -0.1) is 0 Å². The molecule has 0 aromatic heterocycles. The molecule has 0 bridgehead atoms. The molecule has 9 heteroatoms. The second-order valence-corrected chi connectivity index (χ2v) is 31.2. The van der Waals surface area contributed by atoms with Gasteiger partial charge in [0.25, 0.3) is 0 Å². The van der Waals surface area contributed by atoms with Gasteiger partial charge in [0.15, 0.2) is 12.4 Å². The van der Waals surface area contributed by atoms with E-state index in [-0.39, 0.29) is 32.2 Å². The Balaban J connectivity index is 3.95. The van der Waals surface area contributed by atoms with Crippen molar-refractivity contribution in [2.75, 3.05) is 47.5 Å². The lowest BCUT2D eigenvalue weighted by Gasteiger charge is -2.26. The lowest BCUT2D eigenvalue weighted by molar-refractivity contribution is -0.870. The Kier molecular flexibility index (Phi) is 80.8. The van der Waals surface area contributed by atoms with Gasteiger partial charge in [0.1, 0.15) is 13.2 Å². The van der Waals surface area contributed by atoms with Gasteiger partial charge in [-0.3, -0.25) is 9.59 Å². The SMILES string of the molecule is CC/C=C\C/C=C\C/C=C\C/C=C\C/C=C\C/C=C\C/C=C\C/C=C\CCCCCCCCCCCCCCCCCCC(=O)OC(COC(=O)CCCCCCCCCCCCCCCCCCCCCCCCCCCCCCCCCCCCCCC)COC(OCC[N+](C)(C)C)C(=O)[O-]. The van der Waals surface area contributed by atoms with E-state index in [1.54, 1.807) is 0 Å². The highest BCUT2D eigenvalue weighted by Gasteiger charge is 2.22. The quantitative estimate of drug-likeness (QED) is 0.0195. The standard InChI is InChI=1S/C94H169NO8/c1-6-8-10-12-14-16-18-20-22-24-26-28-30-32-34-36-38-40-42-44-45-46-47-49-51-53-55-57-59-61-63-65-67-69-71-73-75-77-79-81-83-85-92(97)103-90(89-102-94(93(98)99)100-87-86-95(3,4)5)88-101-91(96)84-82-80-78-76-74-72-70-68-66-64-62-60-58-56-54-52-50-48-43-41-39-37-35-33-31-29-27-25-23-21-19-17-15-13-11-9-7-2/h8,10,14,16,20,22,26,28,32,34,38,40,44-45,47,49,90,94H,6-7,9,11-13,15,17-19,21,23-25,27,29-31,33,35-37,39,41-43,46,48,50-89H2,1-5H3/b10-8-,16-14-,22-20-,28-26-,34-32-,40-38-,45-44-,49-47-. The first-order valence-electron chi connectivity index (χ1n) is 44.4. The lowest BCUT2D eigenvalue weighted by atomic mass is 10.0. The maximum absolute atomic E-state index is 13.0. The van der Waals surface area contributed by atoms with E-state index in [0.717, 1.165) is 83.5 Å². The number of allylic oxidation sites excluding steroid dienone is 16. The number of nitrogens with zero attached hydrogens (tertiary/aromatic N) is 1. The number of unbranched alkanes of at least 4 members (excludes halogenated alkanes) is 52. The van der Waals surface area contributed by atoms with Crippen LogP contribution in [0.5, 0.6) is 0 Å². The van der Waals surface area contributed by atoms with E-state index in [2.05, 4.69) is 111 Å². The van der Waals surface area contributed by atoms with E-state index in [4.69, 9.17) is 18.9 Å². The number of esters is 2. The first-order valence-corrected chi connectivity index (χ1v) is 44.4. The Morgan fingerprint density at radius 2 is 0.553 bits per heavy atom. The first-order chi connectivity index (χ1) is 50.6. The van der Waals surface area contributed by atoms with Crippen molar-refractivity contribution in [3.8, 4) is 0 Å². The predicted molar refractivity (Wildman–Crippen MR) is 444 cm³/mol. The minimum atomic E-state index is -1.62. The van der Waals surface area contributed by atoms with Crippen LogP contribution in [0.2, 0.25) is 0 Å². The number of carbonyl (C=O) groups is 3. The number of likely N-dealkylation sites (N-methyl/N-ethyl adjacent to an activating group) is 1. The van der Waals surface area contributed by atoms with Gasteiger partial charge in [-0.2, -0.15) is 0 Å². The number of hydrogen-bond donors (Lipinski definition) is 0. The Labute approximate surface area is 639 Å². The molecule has 0 aromatic rings. The molecular weight excluding hydrogens is 1270 g/mol. The average molecular weight is 1440 g/mol. The number of carboxylic acids is 1. The molecule has 2 atom stereocenters. The van der Waals surface area contributed by atoms with Gasteiger partial charge in [0.2, 0.25) is 0 Å². The van der Waals surface area contributed by atoms with E-state index in [0.29, 0.717) is 23.9 Å². The van der Waals surface area contributed by atoms with Crippen molar-refractivity contribution >= 4 is 17.9 Å². The third-order valence-electron chi connectivity index (χ3n) is 19.8. The van der Waals surface area contributed by atoms with Crippen molar-refractivity contribution in [2.24, 2.45) is 0 Å². The molecule has 0 saturated heterocycles. The second kappa shape index (κ2) is 83.8. The molecule has 0 amide bonds. The van der Waals surface area contributed by atoms with Crippen LogP contribution in [0, 0.1) is 0 Å². The molecule has 0 radical (unpaired) electrons. The van der Waals surface area contributed by atoms with Crippen LogP contribution in [0.15, 0.2) is 97.2 Å². The van der Waals surface area contributed by atoms with Gasteiger partial charge in [-0.05, 0) is 77.0 Å². The summed E-state index contributed by atoms with van der Waals surface area (Å²) in [5.41, 5.74) is 0. The molecule has 0 aliphatic carbocycles. The topological polar surface area (TPSA) is 111 Å². The third-order valence-corrected chi connectivity index (χ3v) is 19.8. The zero-order valence-electron chi connectivity index (χ0n) is 68.7. The summed E-state index contributed by atoms with van der Waals surface area (Å²) in [5.74, 6) is -2.26. The van der Waals surface area contributed by atoms with Crippen LogP contribution >= 0.6 is 0 Å². The highest BCUT2D eigenvalue weighted by atomic mass is 16.7. The van der Waals surface area contributed by atoms with Gasteiger partial charge in [-0.25, -0.2) is 0 Å². The molecule has 0 rings (SSSR count). The maximum Gasteiger partial charge on any atom is 0.306 e. The molecule has 0 N–H and O–H groups in total. The van der Waals surface area contributed by atoms with Crippen molar-refractivity contribution in [2.45, 2.75) is 437 Å². The van der Waals surface area contributed by atoms with Crippen LogP contribution < -0.4 is 5.11 Å². The highest BCUT2D eigenvalue weighted by molar-refractivity contribution is 5.70. The number of rotatable bonds is 83. The molecule has 9 nitrogen and oxygen atoms in total. The fourth-order valence-electron chi connectivity index (χ4n) is 13.1. The summed E-state index contributed by atoms with van der Waals surface area (Å²) in [4.78, 5) is 37.7. The van der Waals surface area contributed by atoms with Crippen LogP contribution in [0.25, 0.3) is 0 Å². The minimum absolute atomic E-state index is 0.148. The molecule has 0 aromatic carbocycles. The van der Waals surface area contributed by atoms with Gasteiger partial charge in [-0.1, -0.05) is 432 Å². The molecular formula is C94H169NO8. The van der Waals surface area contributed by atoms with Crippen LogP contribution in [0.1, 0.15) is 425 Å². The van der Waals surface area contributed by atoms with Crippen LogP contribution in [0.4, 0.5) is 0 Å².